The van der Waals surface area contributed by atoms with Gasteiger partial charge in [-0.3, -0.25) is 9.78 Å². The smallest absolute Gasteiger partial charge is 0.228 e. The van der Waals surface area contributed by atoms with Gasteiger partial charge in [0.2, 0.25) is 5.91 Å². The molecule has 6 nitrogen and oxygen atoms in total. The Labute approximate surface area is 205 Å². The number of carbonyl (C=O) groups excluding carboxylic acids is 1. The molecule has 0 bridgehead atoms. The normalized spacial score (nSPS) is 17.7. The molecule has 35 heavy (non-hydrogen) atoms. The van der Waals surface area contributed by atoms with Gasteiger partial charge in [-0.1, -0.05) is 48.7 Å². The van der Waals surface area contributed by atoms with Crippen LogP contribution in [0, 0.1) is 19.8 Å². The fourth-order valence-corrected chi connectivity index (χ4v) is 5.98. The summed E-state index contributed by atoms with van der Waals surface area (Å²) >= 11 is 0. The van der Waals surface area contributed by atoms with Gasteiger partial charge in [-0.15, -0.1) is 0 Å². The van der Waals surface area contributed by atoms with Gasteiger partial charge in [0, 0.05) is 35.6 Å². The second-order valence-electron chi connectivity index (χ2n) is 10.5. The summed E-state index contributed by atoms with van der Waals surface area (Å²) in [6.07, 6.45) is 12.5. The Morgan fingerprint density at radius 2 is 1.86 bits per heavy atom. The molecule has 0 atom stereocenters. The summed E-state index contributed by atoms with van der Waals surface area (Å²) in [6.45, 7) is 4.93. The van der Waals surface area contributed by atoms with Crippen LogP contribution >= 0.6 is 0 Å². The summed E-state index contributed by atoms with van der Waals surface area (Å²) in [4.78, 5) is 16.9. The quantitative estimate of drug-likeness (QED) is 0.372. The summed E-state index contributed by atoms with van der Waals surface area (Å²) in [6, 6.07) is 10.6. The Kier molecular flexibility index (Phi) is 5.28. The molecule has 6 rings (SSSR count). The van der Waals surface area contributed by atoms with E-state index in [1.165, 1.54) is 32.1 Å². The van der Waals surface area contributed by atoms with Gasteiger partial charge in [0.25, 0.3) is 0 Å². The van der Waals surface area contributed by atoms with Crippen LogP contribution in [0.15, 0.2) is 47.2 Å². The Bertz CT molecular complexity index is 1380. The van der Waals surface area contributed by atoms with E-state index in [1.807, 2.05) is 20.0 Å². The van der Waals surface area contributed by atoms with Crippen molar-refractivity contribution in [3.63, 3.8) is 0 Å². The molecule has 4 aromatic rings. The van der Waals surface area contributed by atoms with E-state index in [1.54, 1.807) is 0 Å². The van der Waals surface area contributed by atoms with Gasteiger partial charge in [-0.2, -0.15) is 0 Å². The molecule has 1 aromatic carbocycles. The number of primary amides is 1. The Hall–Kier alpha value is -3.41. The number of fused-ring (bicyclic) bond motifs is 1. The highest BCUT2D eigenvalue weighted by atomic mass is 16.5. The minimum atomic E-state index is -0.463. The zero-order valence-electron chi connectivity index (χ0n) is 20.5. The van der Waals surface area contributed by atoms with Crippen molar-refractivity contribution in [1.82, 2.24) is 14.7 Å². The molecule has 2 aliphatic carbocycles. The van der Waals surface area contributed by atoms with Gasteiger partial charge >= 0.3 is 0 Å². The van der Waals surface area contributed by atoms with Crippen molar-refractivity contribution in [2.24, 2.45) is 11.7 Å². The first-order chi connectivity index (χ1) is 17.0. The third kappa shape index (κ3) is 3.76. The highest BCUT2D eigenvalue weighted by molar-refractivity contribution is 5.95. The molecule has 3 heterocycles. The fourth-order valence-electron chi connectivity index (χ4n) is 5.98. The van der Waals surface area contributed by atoms with E-state index in [9.17, 15) is 4.79 Å². The third-order valence-electron chi connectivity index (χ3n) is 8.19. The van der Waals surface area contributed by atoms with Crippen LogP contribution in [0.1, 0.15) is 62.0 Å². The van der Waals surface area contributed by atoms with E-state index in [-0.39, 0.29) is 5.91 Å². The van der Waals surface area contributed by atoms with Crippen LogP contribution in [0.2, 0.25) is 0 Å². The highest BCUT2D eigenvalue weighted by Crippen LogP contribution is 2.48. The maximum atomic E-state index is 12.0. The first-order valence-electron chi connectivity index (χ1n) is 12.8. The highest BCUT2D eigenvalue weighted by Gasteiger charge is 2.49. The van der Waals surface area contributed by atoms with Crippen molar-refractivity contribution < 1.29 is 9.32 Å². The van der Waals surface area contributed by atoms with Crippen LogP contribution in [0.4, 0.5) is 0 Å². The molecule has 2 fully saturated rings. The molecule has 0 spiro atoms. The Morgan fingerprint density at radius 3 is 2.49 bits per heavy atom. The van der Waals surface area contributed by atoms with Crippen LogP contribution in [0.25, 0.3) is 33.3 Å². The molecular weight excluding hydrogens is 436 g/mol. The number of aryl methyl sites for hydroxylation is 2. The number of aromatic nitrogens is 3. The number of benzene rings is 1. The molecule has 0 saturated heterocycles. The van der Waals surface area contributed by atoms with Gasteiger partial charge in [0.1, 0.15) is 5.76 Å². The van der Waals surface area contributed by atoms with E-state index in [2.05, 4.69) is 46.3 Å². The van der Waals surface area contributed by atoms with E-state index in [0.717, 1.165) is 69.7 Å². The van der Waals surface area contributed by atoms with Crippen LogP contribution in [-0.4, -0.2) is 20.6 Å². The van der Waals surface area contributed by atoms with Crippen molar-refractivity contribution in [3.8, 4) is 22.3 Å². The van der Waals surface area contributed by atoms with Crippen molar-refractivity contribution >= 4 is 16.9 Å². The lowest BCUT2D eigenvalue weighted by Gasteiger charge is -2.22. The first-order valence-corrected chi connectivity index (χ1v) is 12.8. The second kappa shape index (κ2) is 8.36. The van der Waals surface area contributed by atoms with Crippen LogP contribution in [-0.2, 0) is 16.8 Å². The lowest BCUT2D eigenvalue weighted by Crippen LogP contribution is -2.28. The van der Waals surface area contributed by atoms with Gasteiger partial charge < -0.3 is 14.8 Å². The van der Waals surface area contributed by atoms with E-state index in [0.29, 0.717) is 5.92 Å². The fraction of sp³-hybridized carbons (Fsp3) is 0.414. The molecule has 0 radical (unpaired) electrons. The van der Waals surface area contributed by atoms with Gasteiger partial charge in [0.15, 0.2) is 0 Å². The van der Waals surface area contributed by atoms with Gasteiger partial charge in [0.05, 0.1) is 22.1 Å². The van der Waals surface area contributed by atoms with Crippen molar-refractivity contribution in [1.29, 1.82) is 0 Å². The molecule has 2 aliphatic rings. The topological polar surface area (TPSA) is 86.9 Å². The van der Waals surface area contributed by atoms with E-state index < -0.39 is 5.41 Å². The average molecular weight is 469 g/mol. The number of amides is 1. The maximum absolute atomic E-state index is 12.0. The molecule has 180 valence electrons. The van der Waals surface area contributed by atoms with Crippen molar-refractivity contribution in [3.05, 3.63) is 59.7 Å². The van der Waals surface area contributed by atoms with E-state index in [4.69, 9.17) is 15.2 Å². The molecular formula is C29H32N4O2. The molecule has 6 heteroatoms. The third-order valence-corrected chi connectivity index (χ3v) is 8.19. The number of pyridine rings is 1. The molecule has 0 unspecified atom stereocenters. The predicted octanol–water partition coefficient (Wildman–Crippen LogP) is 6.07. The molecule has 2 N–H and O–H groups in total. The molecule has 1 amide bonds. The first kappa shape index (κ1) is 22.1. The SMILES string of the molecule is Cc1noc(C)c1-c1cnc2c(-c3ccc(C4(C(N)=O)CC4)cc3)cn(CC3CCCCC3)c2c1. The van der Waals surface area contributed by atoms with Gasteiger partial charge in [-0.05, 0) is 62.6 Å². The number of nitrogens with two attached hydrogens (primary N) is 1. The average Bonchev–Trinajstić information content (AvgIpc) is 3.53. The van der Waals surface area contributed by atoms with Crippen LogP contribution < -0.4 is 5.73 Å². The summed E-state index contributed by atoms with van der Waals surface area (Å²) in [5, 5.41) is 4.14. The monoisotopic (exact) mass is 468 g/mol. The van der Waals surface area contributed by atoms with Crippen molar-refractivity contribution in [2.45, 2.75) is 70.8 Å². The number of hydrogen-bond donors (Lipinski definition) is 1. The van der Waals surface area contributed by atoms with Crippen LogP contribution in [0.3, 0.4) is 0 Å². The number of hydrogen-bond acceptors (Lipinski definition) is 4. The largest absolute Gasteiger partial charge is 0.369 e. The van der Waals surface area contributed by atoms with E-state index >= 15 is 0 Å². The Balaban J connectivity index is 1.44. The molecule has 0 aliphatic heterocycles. The number of rotatable bonds is 6. The Morgan fingerprint density at radius 1 is 1.11 bits per heavy atom. The summed E-state index contributed by atoms with van der Waals surface area (Å²) in [5.74, 6) is 1.29. The zero-order valence-corrected chi connectivity index (χ0v) is 20.5. The summed E-state index contributed by atoms with van der Waals surface area (Å²) in [7, 11) is 0. The summed E-state index contributed by atoms with van der Waals surface area (Å²) in [5.41, 5.74) is 13.6. The molecule has 3 aromatic heterocycles. The number of carbonyl (C=O) groups is 1. The lowest BCUT2D eigenvalue weighted by atomic mass is 9.89. The van der Waals surface area contributed by atoms with Crippen LogP contribution in [0.5, 0.6) is 0 Å². The molecule has 2 saturated carbocycles. The minimum absolute atomic E-state index is 0.220. The zero-order chi connectivity index (χ0) is 24.2. The predicted molar refractivity (Wildman–Crippen MR) is 137 cm³/mol. The second-order valence-corrected chi connectivity index (χ2v) is 10.5. The minimum Gasteiger partial charge on any atom is -0.369 e. The number of nitrogens with zero attached hydrogens (tertiary/aromatic N) is 3. The standard InChI is InChI=1S/C29H32N4O2/c1-18-26(19(2)35-32-18)22-14-25-27(31-15-22)24(17-33(25)16-20-6-4-3-5-7-20)21-8-10-23(11-9-21)29(12-13-29)28(30)34/h8-11,14-15,17,20H,3-7,12-13,16H2,1-2H3,(H2,30,34). The maximum Gasteiger partial charge on any atom is 0.228 e. The lowest BCUT2D eigenvalue weighted by molar-refractivity contribution is -0.120. The summed E-state index contributed by atoms with van der Waals surface area (Å²) < 4.78 is 7.83. The van der Waals surface area contributed by atoms with Gasteiger partial charge in [-0.25, -0.2) is 0 Å². The van der Waals surface area contributed by atoms with Crippen molar-refractivity contribution in [2.75, 3.05) is 0 Å².